The fraction of sp³-hybridized carbons (Fsp3) is 0.0769. The Bertz CT molecular complexity index is 786. The Morgan fingerprint density at radius 3 is 2.14 bits per heavy atom. The molecule has 0 aromatic heterocycles. The molecule has 0 aliphatic heterocycles. The minimum atomic E-state index is -4.18. The second kappa shape index (κ2) is 5.69. The first-order chi connectivity index (χ1) is 9.70. The van der Waals surface area contributed by atoms with Gasteiger partial charge in [-0.3, -0.25) is 4.72 Å². The fourth-order valence-electron chi connectivity index (χ4n) is 1.62. The number of sulfonamides is 1. The normalized spacial score (nSPS) is 11.5. The van der Waals surface area contributed by atoms with Crippen molar-refractivity contribution in [3.8, 4) is 0 Å². The van der Waals surface area contributed by atoms with Gasteiger partial charge in [0.15, 0.2) is 11.6 Å². The number of nitrogens with one attached hydrogen (secondary N) is 1. The van der Waals surface area contributed by atoms with E-state index in [4.69, 9.17) is 0 Å². The van der Waals surface area contributed by atoms with E-state index in [1.165, 1.54) is 18.2 Å². The highest BCUT2D eigenvalue weighted by molar-refractivity contribution is 9.10. The molecule has 112 valence electrons. The van der Waals surface area contributed by atoms with Crippen LogP contribution in [0.2, 0.25) is 0 Å². The highest BCUT2D eigenvalue weighted by Crippen LogP contribution is 2.25. The first-order valence-corrected chi connectivity index (χ1v) is 7.92. The quantitative estimate of drug-likeness (QED) is 0.876. The smallest absolute Gasteiger partial charge is 0.262 e. The van der Waals surface area contributed by atoms with Crippen LogP contribution in [-0.2, 0) is 10.0 Å². The van der Waals surface area contributed by atoms with Crippen LogP contribution in [0.1, 0.15) is 5.56 Å². The third kappa shape index (κ3) is 3.38. The molecule has 0 atom stereocenters. The molecular formula is C13H9BrF3NO2S. The predicted molar refractivity (Wildman–Crippen MR) is 76.0 cm³/mol. The van der Waals surface area contributed by atoms with Gasteiger partial charge in [-0.25, -0.2) is 21.6 Å². The van der Waals surface area contributed by atoms with Gasteiger partial charge in [0.2, 0.25) is 0 Å². The summed E-state index contributed by atoms with van der Waals surface area (Å²) >= 11 is 3.22. The molecule has 0 unspecified atom stereocenters. The third-order valence-electron chi connectivity index (χ3n) is 2.68. The lowest BCUT2D eigenvalue weighted by molar-refractivity contribution is 0.547. The Labute approximate surface area is 128 Å². The minimum absolute atomic E-state index is 0.161. The summed E-state index contributed by atoms with van der Waals surface area (Å²) < 4.78 is 66.5. The van der Waals surface area contributed by atoms with Crippen molar-refractivity contribution in [3.05, 3.63) is 57.8 Å². The molecule has 0 fully saturated rings. The number of hydrogen-bond donors (Lipinski definition) is 1. The van der Waals surface area contributed by atoms with E-state index in [1.54, 1.807) is 11.6 Å². The summed E-state index contributed by atoms with van der Waals surface area (Å²) in [5.74, 6) is -3.79. The summed E-state index contributed by atoms with van der Waals surface area (Å²) in [7, 11) is -4.18. The second-order valence-electron chi connectivity index (χ2n) is 4.26. The van der Waals surface area contributed by atoms with E-state index in [0.717, 1.165) is 0 Å². The lowest BCUT2D eigenvalue weighted by Gasteiger charge is -2.11. The van der Waals surface area contributed by atoms with Crippen molar-refractivity contribution in [2.45, 2.75) is 11.8 Å². The van der Waals surface area contributed by atoms with E-state index in [9.17, 15) is 21.6 Å². The molecule has 3 nitrogen and oxygen atoms in total. The predicted octanol–water partition coefficient (Wildman–Crippen LogP) is 3.98. The number of aryl methyl sites for hydroxylation is 1. The topological polar surface area (TPSA) is 46.2 Å². The van der Waals surface area contributed by atoms with Crippen molar-refractivity contribution in [2.24, 2.45) is 0 Å². The molecule has 0 radical (unpaired) electrons. The Balaban J connectivity index is 2.44. The molecular weight excluding hydrogens is 371 g/mol. The van der Waals surface area contributed by atoms with Crippen LogP contribution in [0, 0.1) is 24.4 Å². The SMILES string of the molecule is Cc1cc(S(=O)(=O)Nc2c(F)cc(F)cc2F)ccc1Br. The van der Waals surface area contributed by atoms with Gasteiger partial charge in [0.1, 0.15) is 11.5 Å². The van der Waals surface area contributed by atoms with E-state index in [1.807, 2.05) is 0 Å². The summed E-state index contributed by atoms with van der Waals surface area (Å²) in [5.41, 5.74) is -0.283. The fourth-order valence-corrected chi connectivity index (χ4v) is 3.02. The first kappa shape index (κ1) is 15.8. The Hall–Kier alpha value is -1.54. The van der Waals surface area contributed by atoms with Gasteiger partial charge < -0.3 is 0 Å². The summed E-state index contributed by atoms with van der Waals surface area (Å²) in [6, 6.07) is 4.91. The van der Waals surface area contributed by atoms with Crippen molar-refractivity contribution in [1.82, 2.24) is 0 Å². The average molecular weight is 380 g/mol. The van der Waals surface area contributed by atoms with Crippen LogP contribution in [-0.4, -0.2) is 8.42 Å². The maximum absolute atomic E-state index is 13.5. The summed E-state index contributed by atoms with van der Waals surface area (Å²) in [5, 5.41) is 0. The maximum atomic E-state index is 13.5. The molecule has 0 bridgehead atoms. The van der Waals surface area contributed by atoms with Gasteiger partial charge in [-0.05, 0) is 30.7 Å². The van der Waals surface area contributed by atoms with Gasteiger partial charge in [0.25, 0.3) is 10.0 Å². The summed E-state index contributed by atoms with van der Waals surface area (Å²) in [4.78, 5) is -0.161. The molecule has 0 saturated heterocycles. The molecule has 0 amide bonds. The van der Waals surface area contributed by atoms with Crippen molar-refractivity contribution in [2.75, 3.05) is 4.72 Å². The van der Waals surface area contributed by atoms with Gasteiger partial charge in [0, 0.05) is 16.6 Å². The van der Waals surface area contributed by atoms with E-state index in [0.29, 0.717) is 22.2 Å². The van der Waals surface area contributed by atoms with Crippen molar-refractivity contribution in [1.29, 1.82) is 0 Å². The molecule has 0 saturated carbocycles. The molecule has 8 heteroatoms. The molecule has 0 aliphatic carbocycles. The van der Waals surface area contributed by atoms with Gasteiger partial charge in [-0.2, -0.15) is 0 Å². The van der Waals surface area contributed by atoms with Crippen molar-refractivity contribution < 1.29 is 21.6 Å². The summed E-state index contributed by atoms with van der Waals surface area (Å²) in [6.45, 7) is 1.67. The Kier molecular flexibility index (Phi) is 4.29. The molecule has 2 aromatic carbocycles. The molecule has 0 aliphatic rings. The van der Waals surface area contributed by atoms with E-state index in [-0.39, 0.29) is 4.90 Å². The van der Waals surface area contributed by atoms with Gasteiger partial charge >= 0.3 is 0 Å². The number of hydrogen-bond acceptors (Lipinski definition) is 2. The Morgan fingerprint density at radius 1 is 1.05 bits per heavy atom. The molecule has 0 spiro atoms. The van der Waals surface area contributed by atoms with Crippen LogP contribution in [0.15, 0.2) is 39.7 Å². The lowest BCUT2D eigenvalue weighted by Crippen LogP contribution is -2.15. The van der Waals surface area contributed by atoms with Crippen LogP contribution >= 0.6 is 15.9 Å². The zero-order valence-corrected chi connectivity index (χ0v) is 13.0. The number of halogens is 4. The van der Waals surface area contributed by atoms with Crippen LogP contribution < -0.4 is 4.72 Å². The number of benzene rings is 2. The maximum Gasteiger partial charge on any atom is 0.262 e. The van der Waals surface area contributed by atoms with Gasteiger partial charge in [-0.15, -0.1) is 0 Å². The van der Waals surface area contributed by atoms with Crippen LogP contribution in [0.5, 0.6) is 0 Å². The molecule has 2 aromatic rings. The standard InChI is InChI=1S/C13H9BrF3NO2S/c1-7-4-9(2-3-10(7)14)21(19,20)18-13-11(16)5-8(15)6-12(13)17/h2-6,18H,1H3. The minimum Gasteiger partial charge on any atom is -0.274 e. The van der Waals surface area contributed by atoms with Crippen molar-refractivity contribution >= 4 is 31.6 Å². The molecule has 21 heavy (non-hydrogen) atoms. The lowest BCUT2D eigenvalue weighted by atomic mass is 10.2. The van der Waals surface area contributed by atoms with Gasteiger partial charge in [-0.1, -0.05) is 15.9 Å². The zero-order chi connectivity index (χ0) is 15.8. The first-order valence-electron chi connectivity index (χ1n) is 5.64. The highest BCUT2D eigenvalue weighted by Gasteiger charge is 2.20. The van der Waals surface area contributed by atoms with Gasteiger partial charge in [0.05, 0.1) is 4.90 Å². The van der Waals surface area contributed by atoms with E-state index >= 15 is 0 Å². The van der Waals surface area contributed by atoms with E-state index < -0.39 is 33.2 Å². The van der Waals surface area contributed by atoms with Crippen molar-refractivity contribution in [3.63, 3.8) is 0 Å². The number of rotatable bonds is 3. The average Bonchev–Trinajstić information content (AvgIpc) is 2.37. The van der Waals surface area contributed by atoms with E-state index in [2.05, 4.69) is 15.9 Å². The monoisotopic (exact) mass is 379 g/mol. The molecule has 2 rings (SSSR count). The zero-order valence-electron chi connectivity index (χ0n) is 10.6. The molecule has 0 heterocycles. The van der Waals surface area contributed by atoms with Crippen LogP contribution in [0.3, 0.4) is 0 Å². The number of anilines is 1. The Morgan fingerprint density at radius 2 is 1.62 bits per heavy atom. The third-order valence-corrected chi connectivity index (χ3v) is 4.92. The largest absolute Gasteiger partial charge is 0.274 e. The molecule has 1 N–H and O–H groups in total. The summed E-state index contributed by atoms with van der Waals surface area (Å²) in [6.07, 6.45) is 0. The van der Waals surface area contributed by atoms with Crippen LogP contribution in [0.25, 0.3) is 0 Å². The second-order valence-corrected chi connectivity index (χ2v) is 6.80. The van der Waals surface area contributed by atoms with Crippen LogP contribution in [0.4, 0.5) is 18.9 Å². The highest BCUT2D eigenvalue weighted by atomic mass is 79.9.